The van der Waals surface area contributed by atoms with Crippen LogP contribution in [0.4, 0.5) is 0 Å². The highest BCUT2D eigenvalue weighted by atomic mass is 35.5. The van der Waals surface area contributed by atoms with Crippen LogP contribution < -0.4 is 10.3 Å². The van der Waals surface area contributed by atoms with Crippen molar-refractivity contribution in [2.75, 3.05) is 6.61 Å². The third-order valence-electron chi connectivity index (χ3n) is 4.92. The summed E-state index contributed by atoms with van der Waals surface area (Å²) in [4.78, 5) is 22.9. The van der Waals surface area contributed by atoms with E-state index in [1.165, 1.54) is 22.2 Å². The number of nitrogens with zero attached hydrogens (tertiary/aromatic N) is 4. The molecule has 0 radical (unpaired) electrons. The number of thiophene rings is 1. The average Bonchev–Trinajstić information content (AvgIpc) is 3.45. The van der Waals surface area contributed by atoms with E-state index < -0.39 is 0 Å². The molecule has 3 aromatic heterocycles. The minimum absolute atomic E-state index is 0.113. The Morgan fingerprint density at radius 1 is 1.12 bits per heavy atom. The van der Waals surface area contributed by atoms with Gasteiger partial charge in [-0.25, -0.2) is 4.98 Å². The smallest absolute Gasteiger partial charge is 0.263 e. The summed E-state index contributed by atoms with van der Waals surface area (Å²) in [7, 11) is 0. The minimum atomic E-state index is -0.171. The third kappa shape index (κ3) is 3.79. The number of hydrogen-bond acceptors (Lipinski definition) is 7. The van der Waals surface area contributed by atoms with Gasteiger partial charge in [0.05, 0.1) is 23.9 Å². The first-order chi connectivity index (χ1) is 15.6. The molecule has 7 nitrogen and oxygen atoms in total. The zero-order valence-electron chi connectivity index (χ0n) is 17.0. The van der Waals surface area contributed by atoms with Gasteiger partial charge in [0.2, 0.25) is 11.7 Å². The molecule has 5 aromatic rings. The highest BCUT2D eigenvalue weighted by Gasteiger charge is 2.17. The number of hydrogen-bond donors (Lipinski definition) is 0. The van der Waals surface area contributed by atoms with E-state index in [4.69, 9.17) is 20.9 Å². The van der Waals surface area contributed by atoms with Crippen molar-refractivity contribution < 1.29 is 9.26 Å². The lowest BCUT2D eigenvalue weighted by molar-refractivity contribution is 0.340. The Morgan fingerprint density at radius 3 is 2.75 bits per heavy atom. The predicted octanol–water partition coefficient (Wildman–Crippen LogP) is 5.28. The van der Waals surface area contributed by atoms with Gasteiger partial charge < -0.3 is 9.26 Å². The molecule has 5 rings (SSSR count). The van der Waals surface area contributed by atoms with Crippen molar-refractivity contribution in [2.24, 2.45) is 0 Å². The van der Waals surface area contributed by atoms with Crippen LogP contribution in [0.3, 0.4) is 0 Å². The summed E-state index contributed by atoms with van der Waals surface area (Å²) in [6.07, 6.45) is 1.50. The van der Waals surface area contributed by atoms with Gasteiger partial charge >= 0.3 is 0 Å². The zero-order valence-corrected chi connectivity index (χ0v) is 18.6. The maximum absolute atomic E-state index is 13.3. The Labute approximate surface area is 191 Å². The van der Waals surface area contributed by atoms with Crippen LogP contribution >= 0.6 is 22.9 Å². The monoisotopic (exact) mass is 464 g/mol. The standard InChI is InChI=1S/C23H17ClN4O3S/c1-2-30-18-6-4-3-5-16(18)21-26-19(31-27-21)11-28-13-25-22-20(23(28)29)17(12-32-22)14-7-9-15(24)10-8-14/h3-10,12-13H,2,11H2,1H3. The van der Waals surface area contributed by atoms with Crippen molar-refractivity contribution in [1.29, 1.82) is 0 Å². The molecule has 0 atom stereocenters. The van der Waals surface area contributed by atoms with Crippen LogP contribution in [0.2, 0.25) is 5.02 Å². The fraction of sp³-hybridized carbons (Fsp3) is 0.130. The molecule has 2 aromatic carbocycles. The maximum atomic E-state index is 13.3. The van der Waals surface area contributed by atoms with Gasteiger partial charge in [0, 0.05) is 16.0 Å². The molecule has 0 unspecified atom stereocenters. The van der Waals surface area contributed by atoms with E-state index in [1.54, 1.807) is 12.1 Å². The van der Waals surface area contributed by atoms with E-state index in [0.717, 1.165) is 16.7 Å². The van der Waals surface area contributed by atoms with Gasteiger partial charge in [-0.3, -0.25) is 9.36 Å². The molecular weight excluding hydrogens is 448 g/mol. The second-order valence-electron chi connectivity index (χ2n) is 6.95. The molecule has 0 N–H and O–H groups in total. The molecule has 0 aliphatic carbocycles. The van der Waals surface area contributed by atoms with Gasteiger partial charge in [0.1, 0.15) is 17.1 Å². The molecule has 9 heteroatoms. The fourth-order valence-electron chi connectivity index (χ4n) is 3.43. The summed E-state index contributed by atoms with van der Waals surface area (Å²) in [6, 6.07) is 14.9. The number of para-hydroxylation sites is 1. The molecule has 0 amide bonds. The van der Waals surface area contributed by atoms with E-state index in [2.05, 4.69) is 15.1 Å². The van der Waals surface area contributed by atoms with Crippen LogP contribution in [0, 0.1) is 0 Å². The largest absolute Gasteiger partial charge is 0.493 e. The van der Waals surface area contributed by atoms with Crippen molar-refractivity contribution in [2.45, 2.75) is 13.5 Å². The van der Waals surface area contributed by atoms with Crippen molar-refractivity contribution in [3.05, 3.63) is 81.5 Å². The van der Waals surface area contributed by atoms with E-state index in [9.17, 15) is 4.79 Å². The van der Waals surface area contributed by atoms with Crippen LogP contribution in [0.1, 0.15) is 12.8 Å². The van der Waals surface area contributed by atoms with Crippen LogP contribution in [0.5, 0.6) is 5.75 Å². The summed E-state index contributed by atoms with van der Waals surface area (Å²) in [5, 5.41) is 7.20. The molecule has 0 aliphatic heterocycles. The van der Waals surface area contributed by atoms with Crippen LogP contribution in [0.15, 0.2) is 69.6 Å². The fourth-order valence-corrected chi connectivity index (χ4v) is 4.46. The lowest BCUT2D eigenvalue weighted by Crippen LogP contribution is -2.21. The van der Waals surface area contributed by atoms with Crippen molar-refractivity contribution in [3.63, 3.8) is 0 Å². The lowest BCUT2D eigenvalue weighted by Gasteiger charge is -2.06. The first-order valence-electron chi connectivity index (χ1n) is 9.91. The number of ether oxygens (including phenoxy) is 1. The Hall–Kier alpha value is -3.49. The molecule has 32 heavy (non-hydrogen) atoms. The van der Waals surface area contributed by atoms with Crippen molar-refractivity contribution in [3.8, 4) is 28.3 Å². The predicted molar refractivity (Wildman–Crippen MR) is 124 cm³/mol. The van der Waals surface area contributed by atoms with Gasteiger partial charge in [-0.2, -0.15) is 4.98 Å². The maximum Gasteiger partial charge on any atom is 0.263 e. The Bertz CT molecular complexity index is 1460. The van der Waals surface area contributed by atoms with Gasteiger partial charge in [0.15, 0.2) is 0 Å². The quantitative estimate of drug-likeness (QED) is 0.340. The highest BCUT2D eigenvalue weighted by molar-refractivity contribution is 7.17. The van der Waals surface area contributed by atoms with Crippen molar-refractivity contribution in [1.82, 2.24) is 19.7 Å². The molecule has 0 saturated heterocycles. The average molecular weight is 465 g/mol. The van der Waals surface area contributed by atoms with E-state index in [-0.39, 0.29) is 12.1 Å². The summed E-state index contributed by atoms with van der Waals surface area (Å²) < 4.78 is 12.5. The molecule has 0 fully saturated rings. The van der Waals surface area contributed by atoms with Gasteiger partial charge in [0.25, 0.3) is 5.56 Å². The number of aromatic nitrogens is 4. The second-order valence-corrected chi connectivity index (χ2v) is 8.25. The Kier molecular flexibility index (Phi) is 5.46. The molecule has 160 valence electrons. The Morgan fingerprint density at radius 2 is 1.94 bits per heavy atom. The van der Waals surface area contributed by atoms with Crippen LogP contribution in [-0.2, 0) is 6.54 Å². The van der Waals surface area contributed by atoms with E-state index in [0.29, 0.717) is 39.3 Å². The topological polar surface area (TPSA) is 83.0 Å². The van der Waals surface area contributed by atoms with E-state index in [1.807, 2.05) is 48.7 Å². The van der Waals surface area contributed by atoms with Gasteiger partial charge in [-0.15, -0.1) is 11.3 Å². The summed E-state index contributed by atoms with van der Waals surface area (Å²) >= 11 is 7.43. The summed E-state index contributed by atoms with van der Waals surface area (Å²) in [5.74, 6) is 1.38. The van der Waals surface area contributed by atoms with Gasteiger partial charge in [-0.05, 0) is 36.8 Å². The first kappa shape index (κ1) is 20.4. The summed E-state index contributed by atoms with van der Waals surface area (Å²) in [5.41, 5.74) is 2.29. The molecule has 0 bridgehead atoms. The van der Waals surface area contributed by atoms with Crippen LogP contribution in [-0.4, -0.2) is 26.3 Å². The minimum Gasteiger partial charge on any atom is -0.493 e. The molecular formula is C23H17ClN4O3S. The molecule has 0 aliphatic rings. The molecule has 0 saturated carbocycles. The molecule has 0 spiro atoms. The normalized spacial score (nSPS) is 11.2. The van der Waals surface area contributed by atoms with E-state index >= 15 is 0 Å². The number of fused-ring (bicyclic) bond motifs is 1. The first-order valence-corrected chi connectivity index (χ1v) is 11.2. The zero-order chi connectivity index (χ0) is 22.1. The number of rotatable bonds is 6. The van der Waals surface area contributed by atoms with Crippen molar-refractivity contribution >= 4 is 33.2 Å². The third-order valence-corrected chi connectivity index (χ3v) is 6.06. The summed E-state index contributed by atoms with van der Waals surface area (Å²) in [6.45, 7) is 2.55. The number of benzene rings is 2. The molecule has 3 heterocycles. The highest BCUT2D eigenvalue weighted by Crippen LogP contribution is 2.31. The van der Waals surface area contributed by atoms with Gasteiger partial charge in [-0.1, -0.05) is 41.0 Å². The second kappa shape index (κ2) is 8.57. The van der Waals surface area contributed by atoms with Crippen LogP contribution in [0.25, 0.3) is 32.7 Å². The Balaban J connectivity index is 1.49. The lowest BCUT2D eigenvalue weighted by atomic mass is 10.1. The number of halogens is 1. The SMILES string of the molecule is CCOc1ccccc1-c1noc(Cn2cnc3scc(-c4ccc(Cl)cc4)c3c2=O)n1.